The van der Waals surface area contributed by atoms with Crippen LogP contribution in [0.15, 0.2) is 90.2 Å². The summed E-state index contributed by atoms with van der Waals surface area (Å²) in [5.74, 6) is 0.663. The van der Waals surface area contributed by atoms with E-state index in [4.69, 9.17) is 9.84 Å². The van der Waals surface area contributed by atoms with Crippen LogP contribution in [0.3, 0.4) is 0 Å². The molecule has 0 spiro atoms. The molecule has 1 atom stereocenters. The van der Waals surface area contributed by atoms with Gasteiger partial charge in [-0.3, -0.25) is 0 Å². The summed E-state index contributed by atoms with van der Waals surface area (Å²) in [6.45, 7) is 2.02. The number of hydrazone groups is 1. The van der Waals surface area contributed by atoms with Gasteiger partial charge < -0.3 is 4.74 Å². The van der Waals surface area contributed by atoms with Gasteiger partial charge in [-0.05, 0) is 36.8 Å². The summed E-state index contributed by atoms with van der Waals surface area (Å²) in [4.78, 5) is 0. The molecule has 0 amide bonds. The van der Waals surface area contributed by atoms with Crippen molar-refractivity contribution in [3.05, 3.63) is 102 Å². The third kappa shape index (κ3) is 4.44. The Hall–Kier alpha value is -3.91. The first-order valence-electron chi connectivity index (χ1n) is 11.3. The zero-order valence-electron chi connectivity index (χ0n) is 19.8. The van der Waals surface area contributed by atoms with E-state index in [-0.39, 0.29) is 0 Å². The molecule has 0 bridgehead atoms. The molecule has 0 radical (unpaired) electrons. The van der Waals surface area contributed by atoms with E-state index < -0.39 is 16.1 Å². The van der Waals surface area contributed by atoms with Crippen molar-refractivity contribution >= 4 is 15.7 Å². The fourth-order valence-electron chi connectivity index (χ4n) is 4.34. The van der Waals surface area contributed by atoms with Crippen LogP contribution in [-0.4, -0.2) is 41.7 Å². The van der Waals surface area contributed by atoms with Crippen molar-refractivity contribution < 1.29 is 13.2 Å². The molecule has 1 aliphatic rings. The van der Waals surface area contributed by atoms with Crippen molar-refractivity contribution in [1.29, 1.82) is 0 Å². The molecule has 0 aliphatic carbocycles. The van der Waals surface area contributed by atoms with Gasteiger partial charge >= 0.3 is 0 Å². The van der Waals surface area contributed by atoms with Gasteiger partial charge in [0.15, 0.2) is 0 Å². The molecular formula is C27H26N4O3S. The Kier molecular flexibility index (Phi) is 5.90. The molecule has 1 unspecified atom stereocenters. The van der Waals surface area contributed by atoms with Crippen LogP contribution in [0.25, 0.3) is 16.9 Å². The molecule has 1 aromatic heterocycles. The Morgan fingerprint density at radius 1 is 0.943 bits per heavy atom. The van der Waals surface area contributed by atoms with Crippen LogP contribution in [0.5, 0.6) is 5.75 Å². The lowest BCUT2D eigenvalue weighted by Gasteiger charge is -2.21. The van der Waals surface area contributed by atoms with Gasteiger partial charge in [0.05, 0.1) is 30.8 Å². The molecule has 1 aliphatic heterocycles. The number of aryl methyl sites for hydroxylation is 1. The van der Waals surface area contributed by atoms with E-state index in [0.717, 1.165) is 33.7 Å². The number of hydrogen-bond acceptors (Lipinski definition) is 5. The zero-order chi connectivity index (χ0) is 24.6. The molecule has 3 aromatic carbocycles. The first kappa shape index (κ1) is 22.9. The number of hydrogen-bond donors (Lipinski definition) is 0. The van der Waals surface area contributed by atoms with Crippen molar-refractivity contribution in [1.82, 2.24) is 14.2 Å². The molecule has 0 saturated heterocycles. The number of sulfonamides is 1. The second-order valence-electron chi connectivity index (χ2n) is 8.58. The largest absolute Gasteiger partial charge is 0.496 e. The molecule has 4 aromatic rings. The molecule has 8 heteroatoms. The van der Waals surface area contributed by atoms with Gasteiger partial charge in [0.2, 0.25) is 10.0 Å². The van der Waals surface area contributed by atoms with E-state index in [1.54, 1.807) is 11.8 Å². The fourth-order valence-corrected chi connectivity index (χ4v) is 5.24. The number of ether oxygens (including phenoxy) is 1. The molecule has 7 nitrogen and oxygen atoms in total. The summed E-state index contributed by atoms with van der Waals surface area (Å²) in [7, 11) is -2.03. The molecule has 178 valence electrons. The zero-order valence-corrected chi connectivity index (χ0v) is 20.6. The second-order valence-corrected chi connectivity index (χ2v) is 10.4. The van der Waals surface area contributed by atoms with E-state index in [2.05, 4.69) is 5.10 Å². The second kappa shape index (κ2) is 9.03. The number of rotatable bonds is 6. The normalized spacial score (nSPS) is 15.8. The van der Waals surface area contributed by atoms with Gasteiger partial charge in [-0.25, -0.2) is 13.1 Å². The molecule has 0 fully saturated rings. The average Bonchev–Trinajstić information content (AvgIpc) is 3.50. The lowest BCUT2D eigenvalue weighted by Crippen LogP contribution is -2.26. The third-order valence-corrected chi connectivity index (χ3v) is 7.10. The Labute approximate surface area is 205 Å². The Bertz CT molecular complexity index is 1490. The highest BCUT2D eigenvalue weighted by atomic mass is 32.2. The lowest BCUT2D eigenvalue weighted by atomic mass is 9.96. The molecular weight excluding hydrogens is 460 g/mol. The van der Waals surface area contributed by atoms with E-state index in [1.165, 1.54) is 10.7 Å². The quantitative estimate of drug-likeness (QED) is 0.386. The summed E-state index contributed by atoms with van der Waals surface area (Å²) in [5, 5.41) is 9.46. The van der Waals surface area contributed by atoms with Gasteiger partial charge in [0, 0.05) is 23.7 Å². The molecule has 35 heavy (non-hydrogen) atoms. The van der Waals surface area contributed by atoms with Gasteiger partial charge in [0.25, 0.3) is 0 Å². The number of methoxy groups -OCH3 is 1. The predicted molar refractivity (Wildman–Crippen MR) is 137 cm³/mol. The smallest absolute Gasteiger partial charge is 0.247 e. The Morgan fingerprint density at radius 3 is 2.31 bits per heavy atom. The van der Waals surface area contributed by atoms with Gasteiger partial charge in [-0.15, -0.1) is 0 Å². The Morgan fingerprint density at radius 2 is 1.63 bits per heavy atom. The van der Waals surface area contributed by atoms with Crippen molar-refractivity contribution in [3.63, 3.8) is 0 Å². The highest BCUT2D eigenvalue weighted by Crippen LogP contribution is 2.41. The highest BCUT2D eigenvalue weighted by Gasteiger charge is 2.37. The van der Waals surface area contributed by atoms with Crippen LogP contribution in [-0.2, 0) is 10.0 Å². The van der Waals surface area contributed by atoms with E-state index in [1.807, 2.05) is 92.0 Å². The first-order valence-corrected chi connectivity index (χ1v) is 13.1. The summed E-state index contributed by atoms with van der Waals surface area (Å²) >= 11 is 0. The molecule has 5 rings (SSSR count). The summed E-state index contributed by atoms with van der Waals surface area (Å²) in [6.07, 6.45) is 3.51. The van der Waals surface area contributed by atoms with E-state index >= 15 is 0 Å². The monoisotopic (exact) mass is 486 g/mol. The standard InChI is InChI=1S/C27H26N4O3S/c1-19-13-15-20(16-14-19)24-17-25(31(28-24)35(3,32)33)23-18-30(21-9-5-4-6-10-21)29-27(23)22-11-7-8-12-26(22)34-2/h4-16,18,25H,17H2,1-3H3. The summed E-state index contributed by atoms with van der Waals surface area (Å²) < 4.78 is 34.3. The fraction of sp³-hybridized carbons (Fsp3) is 0.185. The van der Waals surface area contributed by atoms with Crippen molar-refractivity contribution in [2.45, 2.75) is 19.4 Å². The number of nitrogens with zero attached hydrogens (tertiary/aromatic N) is 4. The SMILES string of the molecule is COc1ccccc1-c1nn(-c2ccccc2)cc1C1CC(c2ccc(C)cc2)=NN1S(C)(=O)=O. The third-order valence-electron chi connectivity index (χ3n) is 6.08. The number of benzene rings is 3. The minimum atomic E-state index is -3.64. The van der Waals surface area contributed by atoms with Gasteiger partial charge in [-0.1, -0.05) is 60.2 Å². The van der Waals surface area contributed by atoms with Crippen molar-refractivity contribution in [3.8, 4) is 22.7 Å². The van der Waals surface area contributed by atoms with Crippen LogP contribution in [0.2, 0.25) is 0 Å². The average molecular weight is 487 g/mol. The predicted octanol–water partition coefficient (Wildman–Crippen LogP) is 4.97. The Balaban J connectivity index is 1.67. The van der Waals surface area contributed by atoms with Gasteiger partial charge in [0.1, 0.15) is 11.4 Å². The first-order chi connectivity index (χ1) is 16.8. The van der Waals surface area contributed by atoms with Crippen molar-refractivity contribution in [2.24, 2.45) is 5.10 Å². The summed E-state index contributed by atoms with van der Waals surface area (Å²) in [6, 6.07) is 24.8. The minimum Gasteiger partial charge on any atom is -0.496 e. The summed E-state index contributed by atoms with van der Waals surface area (Å²) in [5.41, 5.74) is 5.83. The van der Waals surface area contributed by atoms with Gasteiger partial charge in [-0.2, -0.15) is 14.6 Å². The maximum Gasteiger partial charge on any atom is 0.247 e. The minimum absolute atomic E-state index is 0.429. The van der Waals surface area contributed by atoms with Crippen LogP contribution in [0.4, 0.5) is 0 Å². The maximum atomic E-state index is 12.9. The maximum absolute atomic E-state index is 12.9. The highest BCUT2D eigenvalue weighted by molar-refractivity contribution is 7.88. The van der Waals surface area contributed by atoms with E-state index in [9.17, 15) is 8.42 Å². The van der Waals surface area contributed by atoms with Crippen LogP contribution in [0, 0.1) is 6.92 Å². The number of para-hydroxylation sites is 2. The van der Waals surface area contributed by atoms with Crippen molar-refractivity contribution in [2.75, 3.05) is 13.4 Å². The van der Waals surface area contributed by atoms with Crippen LogP contribution in [0.1, 0.15) is 29.2 Å². The number of aromatic nitrogens is 2. The molecule has 0 N–H and O–H groups in total. The molecule has 2 heterocycles. The topological polar surface area (TPSA) is 76.8 Å². The van der Waals surface area contributed by atoms with E-state index in [0.29, 0.717) is 17.9 Å². The lowest BCUT2D eigenvalue weighted by molar-refractivity contribution is 0.375. The molecule has 0 saturated carbocycles. The van der Waals surface area contributed by atoms with Crippen LogP contribution >= 0.6 is 0 Å². The van der Waals surface area contributed by atoms with Crippen LogP contribution < -0.4 is 4.74 Å².